The lowest BCUT2D eigenvalue weighted by Gasteiger charge is -2.08. The normalized spacial score (nSPS) is 10.3. The molecule has 5 nitrogen and oxygen atoms in total. The summed E-state index contributed by atoms with van der Waals surface area (Å²) >= 11 is 0. The van der Waals surface area contributed by atoms with Crippen molar-refractivity contribution in [2.75, 3.05) is 14.2 Å². The van der Waals surface area contributed by atoms with E-state index in [1.165, 1.54) is 0 Å². The van der Waals surface area contributed by atoms with Gasteiger partial charge >= 0.3 is 0 Å². The Bertz CT molecular complexity index is 461. The topological polar surface area (TPSA) is 56.5 Å². The zero-order chi connectivity index (χ0) is 12.8. The summed E-state index contributed by atoms with van der Waals surface area (Å²) in [6, 6.07) is 7.62. The summed E-state index contributed by atoms with van der Waals surface area (Å²) in [6.45, 7) is 1.37. The summed E-state index contributed by atoms with van der Waals surface area (Å²) < 4.78 is 15.2. The monoisotopic (exact) mass is 248 g/mol. The number of aromatic nitrogens is 1. The second-order valence-electron chi connectivity index (χ2n) is 3.82. The maximum atomic E-state index is 5.21. The summed E-state index contributed by atoms with van der Waals surface area (Å²) in [5.41, 5.74) is 1.97. The van der Waals surface area contributed by atoms with Gasteiger partial charge in [-0.2, -0.15) is 0 Å². The van der Waals surface area contributed by atoms with Gasteiger partial charge in [0, 0.05) is 25.2 Å². The van der Waals surface area contributed by atoms with Crippen LogP contribution < -0.4 is 14.8 Å². The molecule has 0 bridgehead atoms. The smallest absolute Gasteiger partial charge is 0.124 e. The van der Waals surface area contributed by atoms with E-state index >= 15 is 0 Å². The minimum absolute atomic E-state index is 0.663. The summed E-state index contributed by atoms with van der Waals surface area (Å²) in [5, 5.41) is 7.10. The minimum atomic E-state index is 0.663. The third-order valence-corrected chi connectivity index (χ3v) is 2.54. The number of hydrogen-bond acceptors (Lipinski definition) is 5. The van der Waals surface area contributed by atoms with Gasteiger partial charge in [0.15, 0.2) is 0 Å². The summed E-state index contributed by atoms with van der Waals surface area (Å²) in [6.07, 6.45) is 1.56. The van der Waals surface area contributed by atoms with Crippen LogP contribution in [0.25, 0.3) is 0 Å². The lowest BCUT2D eigenvalue weighted by Crippen LogP contribution is -2.13. The van der Waals surface area contributed by atoms with Crippen molar-refractivity contribution in [2.24, 2.45) is 0 Å². The standard InChI is InChI=1S/C13H16N2O3/c1-16-12-5-10(6-13(7-12)17-2)8-14-9-11-3-4-18-15-11/h3-7,14H,8-9H2,1-2H3. The average molecular weight is 248 g/mol. The molecule has 96 valence electrons. The lowest BCUT2D eigenvalue weighted by molar-refractivity contribution is 0.392. The van der Waals surface area contributed by atoms with Crippen molar-refractivity contribution >= 4 is 0 Å². The Morgan fingerprint density at radius 2 is 1.83 bits per heavy atom. The Morgan fingerprint density at radius 1 is 1.11 bits per heavy atom. The highest BCUT2D eigenvalue weighted by Crippen LogP contribution is 2.22. The molecule has 0 saturated carbocycles. The molecule has 0 unspecified atom stereocenters. The molecule has 1 N–H and O–H groups in total. The van der Waals surface area contributed by atoms with E-state index in [2.05, 4.69) is 10.5 Å². The first-order valence-electron chi connectivity index (χ1n) is 5.63. The fourth-order valence-electron chi connectivity index (χ4n) is 1.63. The summed E-state index contributed by atoms with van der Waals surface area (Å²) in [7, 11) is 3.28. The fraction of sp³-hybridized carbons (Fsp3) is 0.308. The number of methoxy groups -OCH3 is 2. The van der Waals surface area contributed by atoms with E-state index in [0.29, 0.717) is 13.1 Å². The Balaban J connectivity index is 1.95. The Morgan fingerprint density at radius 3 is 2.39 bits per heavy atom. The molecule has 5 heteroatoms. The van der Waals surface area contributed by atoms with Crippen LogP contribution in [0.1, 0.15) is 11.3 Å². The third-order valence-electron chi connectivity index (χ3n) is 2.54. The van der Waals surface area contributed by atoms with Crippen LogP contribution in [0, 0.1) is 0 Å². The Hall–Kier alpha value is -2.01. The van der Waals surface area contributed by atoms with Gasteiger partial charge in [-0.15, -0.1) is 0 Å². The quantitative estimate of drug-likeness (QED) is 0.847. The molecule has 2 rings (SSSR count). The van der Waals surface area contributed by atoms with E-state index < -0.39 is 0 Å². The fourth-order valence-corrected chi connectivity index (χ4v) is 1.63. The Labute approximate surface area is 106 Å². The van der Waals surface area contributed by atoms with Crippen molar-refractivity contribution in [1.29, 1.82) is 0 Å². The van der Waals surface area contributed by atoms with Crippen molar-refractivity contribution in [3.63, 3.8) is 0 Å². The molecule has 0 amide bonds. The van der Waals surface area contributed by atoms with Gasteiger partial charge in [0.25, 0.3) is 0 Å². The van der Waals surface area contributed by atoms with E-state index in [9.17, 15) is 0 Å². The molecule has 1 heterocycles. The van der Waals surface area contributed by atoms with Gasteiger partial charge in [-0.1, -0.05) is 5.16 Å². The minimum Gasteiger partial charge on any atom is -0.497 e. The SMILES string of the molecule is COc1cc(CNCc2ccon2)cc(OC)c1. The van der Waals surface area contributed by atoms with Crippen LogP contribution >= 0.6 is 0 Å². The second kappa shape index (κ2) is 6.07. The van der Waals surface area contributed by atoms with Crippen molar-refractivity contribution in [1.82, 2.24) is 10.5 Å². The largest absolute Gasteiger partial charge is 0.497 e. The van der Waals surface area contributed by atoms with E-state index in [-0.39, 0.29) is 0 Å². The van der Waals surface area contributed by atoms with Crippen LogP contribution in [0.4, 0.5) is 0 Å². The molecule has 18 heavy (non-hydrogen) atoms. The number of rotatable bonds is 6. The highest BCUT2D eigenvalue weighted by Gasteiger charge is 2.02. The Kier molecular flexibility index (Phi) is 4.20. The predicted molar refractivity (Wildman–Crippen MR) is 66.6 cm³/mol. The molecule has 0 fully saturated rings. The van der Waals surface area contributed by atoms with Gasteiger partial charge < -0.3 is 19.3 Å². The van der Waals surface area contributed by atoms with E-state index in [4.69, 9.17) is 14.0 Å². The van der Waals surface area contributed by atoms with Crippen LogP contribution in [-0.2, 0) is 13.1 Å². The van der Waals surface area contributed by atoms with Gasteiger partial charge in [0.2, 0.25) is 0 Å². The number of benzene rings is 1. The summed E-state index contributed by atoms with van der Waals surface area (Å²) in [4.78, 5) is 0. The third kappa shape index (κ3) is 3.24. The first-order valence-corrected chi connectivity index (χ1v) is 5.63. The first kappa shape index (κ1) is 12.4. The predicted octanol–water partition coefficient (Wildman–Crippen LogP) is 1.98. The number of nitrogens with zero attached hydrogens (tertiary/aromatic N) is 1. The molecule has 0 aliphatic heterocycles. The number of ether oxygens (including phenoxy) is 2. The zero-order valence-electron chi connectivity index (χ0n) is 10.5. The number of nitrogens with one attached hydrogen (secondary N) is 1. The molecule has 1 aromatic carbocycles. The maximum absolute atomic E-state index is 5.21. The van der Waals surface area contributed by atoms with Crippen molar-refractivity contribution in [3.8, 4) is 11.5 Å². The van der Waals surface area contributed by atoms with Gasteiger partial charge in [0.05, 0.1) is 19.9 Å². The summed E-state index contributed by atoms with van der Waals surface area (Å²) in [5.74, 6) is 1.57. The highest BCUT2D eigenvalue weighted by atomic mass is 16.5. The number of hydrogen-bond donors (Lipinski definition) is 1. The molecule has 0 radical (unpaired) electrons. The van der Waals surface area contributed by atoms with Crippen LogP contribution in [0.3, 0.4) is 0 Å². The molecule has 0 atom stereocenters. The second-order valence-corrected chi connectivity index (χ2v) is 3.82. The molecule has 1 aromatic heterocycles. The van der Waals surface area contributed by atoms with Crippen LogP contribution in [0.2, 0.25) is 0 Å². The lowest BCUT2D eigenvalue weighted by atomic mass is 10.2. The molecular formula is C13H16N2O3. The van der Waals surface area contributed by atoms with Crippen LogP contribution in [-0.4, -0.2) is 19.4 Å². The zero-order valence-corrected chi connectivity index (χ0v) is 10.5. The maximum Gasteiger partial charge on any atom is 0.124 e. The van der Waals surface area contributed by atoms with E-state index in [1.807, 2.05) is 24.3 Å². The molecule has 0 aliphatic carbocycles. The van der Waals surface area contributed by atoms with Gasteiger partial charge in [0.1, 0.15) is 17.8 Å². The van der Waals surface area contributed by atoms with Gasteiger partial charge in [-0.3, -0.25) is 0 Å². The van der Waals surface area contributed by atoms with Crippen LogP contribution in [0.15, 0.2) is 35.1 Å². The van der Waals surface area contributed by atoms with E-state index in [0.717, 1.165) is 22.8 Å². The molecule has 0 spiro atoms. The van der Waals surface area contributed by atoms with Crippen molar-refractivity contribution in [2.45, 2.75) is 13.1 Å². The first-order chi connectivity index (χ1) is 8.81. The van der Waals surface area contributed by atoms with Gasteiger partial charge in [-0.25, -0.2) is 0 Å². The van der Waals surface area contributed by atoms with Crippen molar-refractivity contribution in [3.05, 3.63) is 41.8 Å². The average Bonchev–Trinajstić information content (AvgIpc) is 2.91. The highest BCUT2D eigenvalue weighted by molar-refractivity contribution is 5.38. The molecule has 2 aromatic rings. The van der Waals surface area contributed by atoms with E-state index in [1.54, 1.807) is 20.5 Å². The molecule has 0 aliphatic rings. The molecular weight excluding hydrogens is 232 g/mol. The molecule has 0 saturated heterocycles. The van der Waals surface area contributed by atoms with Crippen LogP contribution in [0.5, 0.6) is 11.5 Å². The van der Waals surface area contributed by atoms with Gasteiger partial charge in [-0.05, 0) is 17.7 Å². The van der Waals surface area contributed by atoms with Crippen molar-refractivity contribution < 1.29 is 14.0 Å².